The fourth-order valence-corrected chi connectivity index (χ4v) is 5.60. The highest BCUT2D eigenvalue weighted by molar-refractivity contribution is 7.17. The second-order valence-corrected chi connectivity index (χ2v) is 11.1. The molecule has 5 rings (SSSR count). The molecule has 0 bridgehead atoms. The minimum Gasteiger partial charge on any atom is -0.388 e. The largest absolute Gasteiger partial charge is 0.435 e. The summed E-state index contributed by atoms with van der Waals surface area (Å²) in [6, 6.07) is 2.34. The molecule has 1 aliphatic rings. The van der Waals surface area contributed by atoms with Gasteiger partial charge in [-0.2, -0.15) is 13.2 Å². The molecular weight excluding hydrogens is 617 g/mol. The van der Waals surface area contributed by atoms with Crippen LogP contribution in [0.15, 0.2) is 39.9 Å². The highest BCUT2D eigenvalue weighted by Gasteiger charge is 2.40. The molecule has 3 amide bonds. The zero-order chi connectivity index (χ0) is 32.1. The highest BCUT2D eigenvalue weighted by Crippen LogP contribution is 2.41. The first-order valence-electron chi connectivity index (χ1n) is 13.9. The first-order chi connectivity index (χ1) is 21.5. The van der Waals surface area contributed by atoms with Crippen LogP contribution in [-0.4, -0.2) is 99.7 Å². The summed E-state index contributed by atoms with van der Waals surface area (Å²) in [4.78, 5) is 52.7. The van der Waals surface area contributed by atoms with Crippen LogP contribution in [0.5, 0.6) is 0 Å². The Kier molecular flexibility index (Phi) is 9.54. The lowest BCUT2D eigenvalue weighted by Gasteiger charge is -2.32. The summed E-state index contributed by atoms with van der Waals surface area (Å²) in [5.74, 6) is -1.70. The molecule has 5 heterocycles. The SMILES string of the molecule is CCNC(=O)Nc1cc(-c2nc(C(F)(F)F)c(C(=O)NCCN3CCN(C)CC3)s2)c(-c2cncc(-c3n[nH]c(=O)o3)c2)cn1. The van der Waals surface area contributed by atoms with Crippen LogP contribution in [0.1, 0.15) is 22.3 Å². The number of thiazole rings is 1. The number of aromatic amines is 1. The van der Waals surface area contributed by atoms with E-state index in [1.54, 1.807) is 13.0 Å². The average Bonchev–Trinajstić information content (AvgIpc) is 3.66. The number of carbonyl (C=O) groups excluding carboxylic acids is 2. The summed E-state index contributed by atoms with van der Waals surface area (Å²) in [7, 11) is 2.01. The Labute approximate surface area is 258 Å². The first kappa shape index (κ1) is 31.7. The smallest absolute Gasteiger partial charge is 0.388 e. The molecule has 0 unspecified atom stereocenters. The number of alkyl halides is 3. The van der Waals surface area contributed by atoms with Gasteiger partial charge in [0.1, 0.15) is 15.7 Å². The van der Waals surface area contributed by atoms with Gasteiger partial charge in [-0.05, 0) is 26.1 Å². The van der Waals surface area contributed by atoms with E-state index in [0.29, 0.717) is 35.6 Å². The van der Waals surface area contributed by atoms with Crippen molar-refractivity contribution in [2.75, 3.05) is 58.2 Å². The van der Waals surface area contributed by atoms with Gasteiger partial charge >= 0.3 is 18.0 Å². The summed E-state index contributed by atoms with van der Waals surface area (Å²) >= 11 is 0.567. The lowest BCUT2D eigenvalue weighted by Crippen LogP contribution is -2.46. The summed E-state index contributed by atoms with van der Waals surface area (Å²) < 4.78 is 47.6. The van der Waals surface area contributed by atoms with E-state index in [0.717, 1.165) is 26.2 Å². The number of aromatic nitrogens is 5. The number of piperazine rings is 1. The number of nitrogens with one attached hydrogen (secondary N) is 4. The molecule has 14 nitrogen and oxygen atoms in total. The lowest BCUT2D eigenvalue weighted by molar-refractivity contribution is -0.141. The molecule has 0 saturated carbocycles. The van der Waals surface area contributed by atoms with Gasteiger partial charge < -0.3 is 20.0 Å². The summed E-state index contributed by atoms with van der Waals surface area (Å²) in [5, 5.41) is 13.5. The van der Waals surface area contributed by atoms with E-state index in [9.17, 15) is 27.6 Å². The van der Waals surface area contributed by atoms with E-state index in [1.165, 1.54) is 24.7 Å². The number of hydrogen-bond acceptors (Lipinski definition) is 11. The van der Waals surface area contributed by atoms with E-state index in [2.05, 4.69) is 50.9 Å². The molecular formula is C27H29F3N10O4S. The number of anilines is 1. The molecule has 18 heteroatoms. The number of amides is 3. The van der Waals surface area contributed by atoms with Gasteiger partial charge in [0.25, 0.3) is 11.8 Å². The van der Waals surface area contributed by atoms with E-state index in [-0.39, 0.29) is 34.4 Å². The molecule has 1 fully saturated rings. The van der Waals surface area contributed by atoms with Gasteiger partial charge in [0.2, 0.25) is 0 Å². The summed E-state index contributed by atoms with van der Waals surface area (Å²) in [5.41, 5.74) is -0.228. The molecule has 0 spiro atoms. The van der Waals surface area contributed by atoms with Crippen LogP contribution in [0.3, 0.4) is 0 Å². The number of hydrogen-bond donors (Lipinski definition) is 4. The number of rotatable bonds is 9. The molecule has 4 aromatic heterocycles. The lowest BCUT2D eigenvalue weighted by atomic mass is 10.0. The van der Waals surface area contributed by atoms with Gasteiger partial charge in [0.05, 0.1) is 5.56 Å². The third-order valence-electron chi connectivity index (χ3n) is 6.86. The number of likely N-dealkylation sites (N-methyl/N-ethyl adjacent to an activating group) is 1. The quantitative estimate of drug-likeness (QED) is 0.212. The number of nitrogens with zero attached hydrogens (tertiary/aromatic N) is 6. The van der Waals surface area contributed by atoms with Crippen molar-refractivity contribution < 1.29 is 27.2 Å². The molecule has 0 aliphatic carbocycles. The molecule has 1 saturated heterocycles. The predicted molar refractivity (Wildman–Crippen MR) is 159 cm³/mol. The Hall–Kier alpha value is -4.68. The molecule has 0 atom stereocenters. The third-order valence-corrected chi connectivity index (χ3v) is 7.95. The zero-order valence-corrected chi connectivity index (χ0v) is 25.0. The molecule has 238 valence electrons. The Bertz CT molecular complexity index is 1730. The van der Waals surface area contributed by atoms with Crippen LogP contribution >= 0.6 is 11.3 Å². The number of H-pyrrole nitrogens is 1. The topological polar surface area (TPSA) is 174 Å². The molecule has 4 N–H and O–H groups in total. The standard InChI is InChI=1S/C27H29F3N10O4S/c1-3-32-25(42)35-19-11-17(18(14-34-19)15-10-16(13-31-12-15)23-37-38-26(43)44-23)24-36-21(27(28,29)30)20(45-24)22(41)33-4-5-40-8-6-39(2)7-9-40/h10-14H,3-9H2,1-2H3,(H,33,41)(H,38,43)(H2,32,34,35,42). The van der Waals surface area contributed by atoms with Crippen molar-refractivity contribution in [3.05, 3.63) is 51.8 Å². The maximum absolute atomic E-state index is 14.2. The first-order valence-corrected chi connectivity index (χ1v) is 14.7. The summed E-state index contributed by atoms with van der Waals surface area (Å²) in [6.07, 6.45) is -0.775. The molecule has 0 aromatic carbocycles. The number of carbonyl (C=O) groups is 2. The number of pyridine rings is 2. The van der Waals surface area contributed by atoms with Crippen LogP contribution in [0.25, 0.3) is 33.2 Å². The maximum atomic E-state index is 14.2. The fourth-order valence-electron chi connectivity index (χ4n) is 4.57. The van der Waals surface area contributed by atoms with Gasteiger partial charge in [-0.15, -0.1) is 16.4 Å². The van der Waals surface area contributed by atoms with Crippen LogP contribution in [0.2, 0.25) is 0 Å². The van der Waals surface area contributed by atoms with Crippen molar-refractivity contribution >= 4 is 29.1 Å². The minimum atomic E-state index is -4.92. The summed E-state index contributed by atoms with van der Waals surface area (Å²) in [6.45, 7) is 6.03. The van der Waals surface area contributed by atoms with Gasteiger partial charge in [0.15, 0.2) is 5.69 Å². The van der Waals surface area contributed by atoms with Crippen LogP contribution in [0, 0.1) is 0 Å². The van der Waals surface area contributed by atoms with Gasteiger partial charge in [-0.3, -0.25) is 20.0 Å². The van der Waals surface area contributed by atoms with E-state index in [1.807, 2.05) is 7.05 Å². The van der Waals surface area contributed by atoms with Crippen molar-refractivity contribution in [2.24, 2.45) is 0 Å². The second-order valence-electron chi connectivity index (χ2n) is 10.1. The molecule has 0 radical (unpaired) electrons. The van der Waals surface area contributed by atoms with Crippen LogP contribution in [-0.2, 0) is 6.18 Å². The molecule has 45 heavy (non-hydrogen) atoms. The number of urea groups is 1. The Morgan fingerprint density at radius 2 is 1.82 bits per heavy atom. The fraction of sp³-hybridized carbons (Fsp3) is 0.370. The predicted octanol–water partition coefficient (Wildman–Crippen LogP) is 2.75. The Balaban J connectivity index is 1.51. The molecule has 1 aliphatic heterocycles. The third kappa shape index (κ3) is 7.70. The van der Waals surface area contributed by atoms with Gasteiger partial charge in [-0.25, -0.2) is 24.7 Å². The maximum Gasteiger partial charge on any atom is 0.435 e. The highest BCUT2D eigenvalue weighted by atomic mass is 32.1. The normalized spacial score (nSPS) is 14.3. The van der Waals surface area contributed by atoms with Crippen LogP contribution < -0.4 is 21.7 Å². The van der Waals surface area contributed by atoms with Crippen molar-refractivity contribution in [1.82, 2.24) is 45.6 Å². The second kappa shape index (κ2) is 13.5. The van der Waals surface area contributed by atoms with Crippen molar-refractivity contribution in [1.29, 1.82) is 0 Å². The van der Waals surface area contributed by atoms with E-state index < -0.39 is 34.4 Å². The van der Waals surface area contributed by atoms with Gasteiger partial charge in [0, 0.05) is 81.1 Å². The minimum absolute atomic E-state index is 0.0315. The Morgan fingerprint density at radius 3 is 2.51 bits per heavy atom. The van der Waals surface area contributed by atoms with E-state index in [4.69, 9.17) is 4.42 Å². The number of halogens is 3. The average molecular weight is 647 g/mol. The van der Waals surface area contributed by atoms with Crippen molar-refractivity contribution in [3.63, 3.8) is 0 Å². The van der Waals surface area contributed by atoms with E-state index >= 15 is 0 Å². The van der Waals surface area contributed by atoms with Crippen molar-refractivity contribution in [3.8, 4) is 33.2 Å². The Morgan fingerprint density at radius 1 is 1.07 bits per heavy atom. The van der Waals surface area contributed by atoms with Crippen LogP contribution in [0.4, 0.5) is 23.8 Å². The van der Waals surface area contributed by atoms with Gasteiger partial charge in [-0.1, -0.05) is 0 Å². The molecule has 4 aromatic rings. The zero-order valence-electron chi connectivity index (χ0n) is 24.2. The van der Waals surface area contributed by atoms with Crippen molar-refractivity contribution in [2.45, 2.75) is 13.1 Å². The monoisotopic (exact) mass is 646 g/mol.